The standard InChI is InChI=1S/C10H16Cl2O3/c1-15-10(14)9(13)5-3-2-4-8(12)6-7-11/h8H,2-7H2,1H3. The zero-order valence-corrected chi connectivity index (χ0v) is 10.3. The number of unbranched alkanes of at least 4 members (excludes halogenated alkanes) is 1. The van der Waals surface area contributed by atoms with Crippen molar-refractivity contribution >= 4 is 35.0 Å². The molecule has 0 saturated carbocycles. The lowest BCUT2D eigenvalue weighted by Crippen LogP contribution is -2.15. The van der Waals surface area contributed by atoms with E-state index in [9.17, 15) is 9.59 Å². The molecule has 0 aliphatic heterocycles. The first-order valence-electron chi connectivity index (χ1n) is 4.93. The van der Waals surface area contributed by atoms with E-state index in [1.807, 2.05) is 0 Å². The maximum absolute atomic E-state index is 11.0. The Bertz CT molecular complexity index is 207. The van der Waals surface area contributed by atoms with Crippen molar-refractivity contribution in [3.8, 4) is 0 Å². The SMILES string of the molecule is COC(=O)C(=O)CCCCC(Cl)CCCl. The maximum Gasteiger partial charge on any atom is 0.374 e. The van der Waals surface area contributed by atoms with Gasteiger partial charge in [0, 0.05) is 17.7 Å². The largest absolute Gasteiger partial charge is 0.463 e. The molecule has 0 bridgehead atoms. The normalized spacial score (nSPS) is 12.2. The van der Waals surface area contributed by atoms with Gasteiger partial charge in [-0.3, -0.25) is 4.79 Å². The van der Waals surface area contributed by atoms with Gasteiger partial charge in [-0.25, -0.2) is 4.79 Å². The number of hydrogen-bond acceptors (Lipinski definition) is 3. The van der Waals surface area contributed by atoms with Crippen LogP contribution in [0.2, 0.25) is 0 Å². The van der Waals surface area contributed by atoms with E-state index in [-0.39, 0.29) is 11.8 Å². The van der Waals surface area contributed by atoms with Crippen LogP contribution >= 0.6 is 23.2 Å². The highest BCUT2D eigenvalue weighted by Crippen LogP contribution is 2.13. The summed E-state index contributed by atoms with van der Waals surface area (Å²) in [6.45, 7) is 0. The summed E-state index contributed by atoms with van der Waals surface area (Å²) in [6.07, 6.45) is 3.32. The third kappa shape index (κ3) is 7.63. The van der Waals surface area contributed by atoms with Crippen LogP contribution in [0.3, 0.4) is 0 Å². The molecule has 0 fully saturated rings. The topological polar surface area (TPSA) is 43.4 Å². The van der Waals surface area contributed by atoms with E-state index in [2.05, 4.69) is 4.74 Å². The summed E-state index contributed by atoms with van der Waals surface area (Å²) >= 11 is 11.4. The van der Waals surface area contributed by atoms with Crippen LogP contribution in [-0.2, 0) is 14.3 Å². The second-order valence-electron chi connectivity index (χ2n) is 3.24. The molecule has 88 valence electrons. The molecule has 0 radical (unpaired) electrons. The molecule has 0 rings (SSSR count). The molecule has 0 spiro atoms. The Kier molecular flexibility index (Phi) is 8.82. The third-order valence-electron chi connectivity index (χ3n) is 2.01. The lowest BCUT2D eigenvalue weighted by atomic mass is 10.1. The number of esters is 1. The molecule has 3 nitrogen and oxygen atoms in total. The van der Waals surface area contributed by atoms with Crippen LogP contribution in [0.4, 0.5) is 0 Å². The minimum atomic E-state index is -0.766. The number of Topliss-reactive ketones (excluding diaryl/α,β-unsaturated/α-hetero) is 1. The maximum atomic E-state index is 11.0. The fourth-order valence-electron chi connectivity index (χ4n) is 1.13. The van der Waals surface area contributed by atoms with Gasteiger partial charge >= 0.3 is 5.97 Å². The molecule has 0 aliphatic carbocycles. The first-order chi connectivity index (χ1) is 7.11. The van der Waals surface area contributed by atoms with Gasteiger partial charge < -0.3 is 4.74 Å². The fraction of sp³-hybridized carbons (Fsp3) is 0.800. The van der Waals surface area contributed by atoms with Gasteiger partial charge in [0.25, 0.3) is 0 Å². The number of methoxy groups -OCH3 is 1. The molecule has 0 aliphatic rings. The van der Waals surface area contributed by atoms with Crippen LogP contribution in [0, 0.1) is 0 Å². The van der Waals surface area contributed by atoms with Crippen molar-refractivity contribution in [2.75, 3.05) is 13.0 Å². The second kappa shape index (κ2) is 8.98. The van der Waals surface area contributed by atoms with Crippen LogP contribution in [0.5, 0.6) is 0 Å². The molecule has 0 saturated heterocycles. The molecule has 0 aromatic heterocycles. The Morgan fingerprint density at radius 1 is 1.27 bits per heavy atom. The molecule has 1 atom stereocenters. The third-order valence-corrected chi connectivity index (χ3v) is 2.66. The van der Waals surface area contributed by atoms with Gasteiger partial charge in [-0.1, -0.05) is 6.42 Å². The van der Waals surface area contributed by atoms with Gasteiger partial charge in [-0.2, -0.15) is 0 Å². The van der Waals surface area contributed by atoms with Gasteiger partial charge in [0.2, 0.25) is 5.78 Å². The predicted octanol–water partition coefficient (Wildman–Crippen LogP) is 2.53. The van der Waals surface area contributed by atoms with Gasteiger partial charge in [0.05, 0.1) is 7.11 Å². The van der Waals surface area contributed by atoms with Gasteiger partial charge in [0.15, 0.2) is 0 Å². The van der Waals surface area contributed by atoms with Crippen LogP contribution < -0.4 is 0 Å². The molecule has 1 unspecified atom stereocenters. The lowest BCUT2D eigenvalue weighted by Gasteiger charge is -2.05. The summed E-state index contributed by atoms with van der Waals surface area (Å²) in [5.41, 5.74) is 0. The number of alkyl halides is 2. The van der Waals surface area contributed by atoms with E-state index in [1.165, 1.54) is 7.11 Å². The Morgan fingerprint density at radius 2 is 1.93 bits per heavy atom. The van der Waals surface area contributed by atoms with E-state index in [0.717, 1.165) is 19.3 Å². The summed E-state index contributed by atoms with van der Waals surface area (Å²) in [5.74, 6) is -0.686. The Morgan fingerprint density at radius 3 is 2.47 bits per heavy atom. The van der Waals surface area contributed by atoms with E-state index in [4.69, 9.17) is 23.2 Å². The molecule has 15 heavy (non-hydrogen) atoms. The number of carbonyl (C=O) groups excluding carboxylic acids is 2. The summed E-state index contributed by atoms with van der Waals surface area (Å²) < 4.78 is 4.30. The molecule has 0 heterocycles. The minimum Gasteiger partial charge on any atom is -0.463 e. The number of rotatable bonds is 8. The zero-order valence-electron chi connectivity index (χ0n) is 8.80. The van der Waals surface area contributed by atoms with Crippen molar-refractivity contribution in [2.45, 2.75) is 37.5 Å². The molecule has 5 heteroatoms. The first-order valence-corrected chi connectivity index (χ1v) is 5.90. The number of ether oxygens (including phenoxy) is 1. The summed E-state index contributed by atoms with van der Waals surface area (Å²) in [6, 6.07) is 0. The minimum absolute atomic E-state index is 0.0655. The number of halogens is 2. The van der Waals surface area contributed by atoms with E-state index >= 15 is 0 Å². The van der Waals surface area contributed by atoms with E-state index in [0.29, 0.717) is 12.3 Å². The monoisotopic (exact) mass is 254 g/mol. The fourth-order valence-corrected chi connectivity index (χ4v) is 1.77. The van der Waals surface area contributed by atoms with Crippen molar-refractivity contribution in [2.24, 2.45) is 0 Å². The van der Waals surface area contributed by atoms with Crippen LogP contribution in [-0.4, -0.2) is 30.1 Å². The lowest BCUT2D eigenvalue weighted by molar-refractivity contribution is -0.151. The van der Waals surface area contributed by atoms with Crippen LogP contribution in [0.25, 0.3) is 0 Å². The Hall–Kier alpha value is -0.280. The molecule has 0 aromatic carbocycles. The average Bonchev–Trinajstić information content (AvgIpc) is 2.23. The number of carbonyl (C=O) groups is 2. The Balaban J connectivity index is 3.46. The predicted molar refractivity (Wildman–Crippen MR) is 60.5 cm³/mol. The zero-order chi connectivity index (χ0) is 11.7. The van der Waals surface area contributed by atoms with Crippen molar-refractivity contribution in [1.82, 2.24) is 0 Å². The summed E-state index contributed by atoms with van der Waals surface area (Å²) in [4.78, 5) is 21.7. The molecular formula is C10H16Cl2O3. The van der Waals surface area contributed by atoms with Crippen LogP contribution in [0.15, 0.2) is 0 Å². The van der Waals surface area contributed by atoms with Crippen molar-refractivity contribution in [3.63, 3.8) is 0 Å². The first kappa shape index (κ1) is 14.7. The highest BCUT2D eigenvalue weighted by atomic mass is 35.5. The van der Waals surface area contributed by atoms with Crippen molar-refractivity contribution in [1.29, 1.82) is 0 Å². The molecule has 0 amide bonds. The Labute approximate surface area is 100 Å². The van der Waals surface area contributed by atoms with Gasteiger partial charge in [0.1, 0.15) is 0 Å². The highest BCUT2D eigenvalue weighted by Gasteiger charge is 2.13. The number of ketones is 1. The van der Waals surface area contributed by atoms with Crippen molar-refractivity contribution < 1.29 is 14.3 Å². The van der Waals surface area contributed by atoms with E-state index < -0.39 is 11.8 Å². The summed E-state index contributed by atoms with van der Waals surface area (Å²) in [7, 11) is 1.20. The number of hydrogen-bond donors (Lipinski definition) is 0. The van der Waals surface area contributed by atoms with E-state index in [1.54, 1.807) is 0 Å². The smallest absolute Gasteiger partial charge is 0.374 e. The average molecular weight is 255 g/mol. The summed E-state index contributed by atoms with van der Waals surface area (Å²) in [5, 5.41) is 0.0655. The molecule has 0 N–H and O–H groups in total. The second-order valence-corrected chi connectivity index (χ2v) is 4.23. The molecule has 0 aromatic rings. The van der Waals surface area contributed by atoms with Crippen LogP contribution in [0.1, 0.15) is 32.1 Å². The highest BCUT2D eigenvalue weighted by molar-refractivity contribution is 6.33. The van der Waals surface area contributed by atoms with Gasteiger partial charge in [-0.05, 0) is 19.3 Å². The molecular weight excluding hydrogens is 239 g/mol. The van der Waals surface area contributed by atoms with Crippen molar-refractivity contribution in [3.05, 3.63) is 0 Å². The quantitative estimate of drug-likeness (QED) is 0.290. The van der Waals surface area contributed by atoms with Gasteiger partial charge in [-0.15, -0.1) is 23.2 Å².